The highest BCUT2D eigenvalue weighted by molar-refractivity contribution is 7.80. The fourth-order valence-electron chi connectivity index (χ4n) is 1.62. The number of carbonyl (C=O) groups excluding carboxylic acids is 3. The van der Waals surface area contributed by atoms with Gasteiger partial charge in [0.25, 0.3) is 0 Å². The zero-order chi connectivity index (χ0) is 22.6. The molecule has 0 heterocycles. The van der Waals surface area contributed by atoms with Crippen LogP contribution < -0.4 is 16.4 Å². The van der Waals surface area contributed by atoms with E-state index in [0.717, 1.165) is 0 Å². The molecule has 0 saturated heterocycles. The molecule has 0 bridgehead atoms. The molecule has 3 atom stereocenters. The molecule has 8 N–H and O–H groups in total. The molecule has 0 aromatic rings. The molecule has 0 fully saturated rings. The van der Waals surface area contributed by atoms with Gasteiger partial charge >= 0.3 is 19.8 Å². The van der Waals surface area contributed by atoms with E-state index in [0.29, 0.717) is 0 Å². The molecular weight excluding hydrogens is 437 g/mol. The molecular formula is C13H24N3O11PS. The predicted octanol–water partition coefficient (Wildman–Crippen LogP) is -3.28. The van der Waals surface area contributed by atoms with E-state index in [1.807, 2.05) is 0 Å². The summed E-state index contributed by atoms with van der Waals surface area (Å²) in [6.45, 7) is -2.02. The number of phosphoric acid groups is 1. The Kier molecular flexibility index (Phi) is 12.7. The maximum Gasteiger partial charge on any atom is 0.469 e. The second-order valence-corrected chi connectivity index (χ2v) is 7.23. The summed E-state index contributed by atoms with van der Waals surface area (Å²) in [7, 11) is -4.77. The van der Waals surface area contributed by atoms with Crippen LogP contribution in [-0.2, 0) is 33.0 Å². The van der Waals surface area contributed by atoms with Crippen LogP contribution in [0.3, 0.4) is 0 Å². The maximum absolute atomic E-state index is 12.0. The average Bonchev–Trinajstić information content (AvgIpc) is 2.64. The summed E-state index contributed by atoms with van der Waals surface area (Å²) >= 11 is 3.91. The fourth-order valence-corrected chi connectivity index (χ4v) is 2.25. The predicted molar refractivity (Wildman–Crippen MR) is 98.6 cm³/mol. The zero-order valence-corrected chi connectivity index (χ0v) is 16.9. The number of hydrogen-bond acceptors (Lipinski definition) is 10. The number of rotatable bonds is 14. The lowest BCUT2D eigenvalue weighted by Crippen LogP contribution is -2.49. The van der Waals surface area contributed by atoms with Crippen molar-refractivity contribution in [2.45, 2.75) is 31.0 Å². The van der Waals surface area contributed by atoms with Crippen molar-refractivity contribution in [3.63, 3.8) is 0 Å². The lowest BCUT2D eigenvalue weighted by molar-refractivity contribution is -0.147. The summed E-state index contributed by atoms with van der Waals surface area (Å²) in [6, 6.07) is -2.33. The van der Waals surface area contributed by atoms with Gasteiger partial charge in [-0.05, 0) is 6.42 Å². The number of aliphatic carboxylic acids is 1. The molecule has 0 saturated carbocycles. The SMILES string of the molecule is NC(CCC(=O)NC(CS)C(=O)NCC(=O)OCC(O)COP(=O)(O)O)C(=O)O. The molecule has 2 amide bonds. The molecule has 0 spiro atoms. The lowest BCUT2D eigenvalue weighted by Gasteiger charge is -2.17. The number of carbonyl (C=O) groups is 4. The molecule has 14 nitrogen and oxygen atoms in total. The van der Waals surface area contributed by atoms with E-state index in [1.165, 1.54) is 0 Å². The van der Waals surface area contributed by atoms with Crippen LogP contribution in [0.25, 0.3) is 0 Å². The first-order chi connectivity index (χ1) is 13.4. The summed E-state index contributed by atoms with van der Waals surface area (Å²) in [6.07, 6.45) is -1.87. The molecule has 16 heteroatoms. The summed E-state index contributed by atoms with van der Waals surface area (Å²) in [4.78, 5) is 62.7. The zero-order valence-electron chi connectivity index (χ0n) is 15.1. The molecule has 0 aromatic heterocycles. The van der Waals surface area contributed by atoms with Crippen molar-refractivity contribution in [3.05, 3.63) is 0 Å². The van der Waals surface area contributed by atoms with Gasteiger partial charge in [-0.25, -0.2) is 4.57 Å². The molecule has 3 unspecified atom stereocenters. The van der Waals surface area contributed by atoms with E-state index in [-0.39, 0.29) is 18.6 Å². The van der Waals surface area contributed by atoms with Crippen LogP contribution in [0.4, 0.5) is 0 Å². The van der Waals surface area contributed by atoms with E-state index in [1.54, 1.807) is 0 Å². The highest BCUT2D eigenvalue weighted by atomic mass is 32.1. The van der Waals surface area contributed by atoms with Gasteiger partial charge in [0.05, 0.1) is 6.61 Å². The van der Waals surface area contributed by atoms with Gasteiger partial charge < -0.3 is 41.1 Å². The normalized spacial score (nSPS) is 14.4. The molecule has 0 aliphatic carbocycles. The van der Waals surface area contributed by atoms with E-state index in [2.05, 4.69) is 32.5 Å². The van der Waals surface area contributed by atoms with Crippen LogP contribution in [0.1, 0.15) is 12.8 Å². The van der Waals surface area contributed by atoms with Crippen LogP contribution in [0.15, 0.2) is 0 Å². The van der Waals surface area contributed by atoms with Crippen LogP contribution in [0, 0.1) is 0 Å². The number of carboxylic acid groups (broad SMARTS) is 1. The molecule has 0 aliphatic rings. The van der Waals surface area contributed by atoms with Crippen LogP contribution in [-0.4, -0.2) is 87.5 Å². The molecule has 29 heavy (non-hydrogen) atoms. The number of hydrogen-bond donors (Lipinski definition) is 8. The Bertz CT molecular complexity index is 629. The third-order valence-electron chi connectivity index (χ3n) is 3.11. The van der Waals surface area contributed by atoms with Crippen molar-refractivity contribution >= 4 is 44.2 Å². The Hall–Kier alpha value is -1.74. The lowest BCUT2D eigenvalue weighted by atomic mass is 10.1. The Labute approximate surface area is 170 Å². The topological polar surface area (TPSA) is 235 Å². The van der Waals surface area contributed by atoms with E-state index in [4.69, 9.17) is 20.6 Å². The first-order valence-corrected chi connectivity index (χ1v) is 10.2. The number of nitrogens with two attached hydrogens (primary N) is 1. The van der Waals surface area contributed by atoms with E-state index < -0.39 is 69.5 Å². The van der Waals surface area contributed by atoms with E-state index >= 15 is 0 Å². The Morgan fingerprint density at radius 1 is 1.17 bits per heavy atom. The Morgan fingerprint density at radius 2 is 1.79 bits per heavy atom. The minimum absolute atomic E-state index is 0.115. The molecule has 168 valence electrons. The van der Waals surface area contributed by atoms with Crippen molar-refractivity contribution < 1.29 is 53.0 Å². The highest BCUT2D eigenvalue weighted by Gasteiger charge is 2.22. The van der Waals surface area contributed by atoms with Crippen LogP contribution in [0.2, 0.25) is 0 Å². The van der Waals surface area contributed by atoms with E-state index in [9.17, 15) is 28.8 Å². The van der Waals surface area contributed by atoms with Crippen molar-refractivity contribution in [2.24, 2.45) is 5.73 Å². The Morgan fingerprint density at radius 3 is 2.31 bits per heavy atom. The summed E-state index contributed by atoms with van der Waals surface area (Å²) in [5.74, 6) is -3.75. The number of esters is 1. The minimum Gasteiger partial charge on any atom is -0.480 e. The second-order valence-electron chi connectivity index (χ2n) is 5.63. The van der Waals surface area contributed by atoms with Gasteiger partial charge in [0.15, 0.2) is 0 Å². The number of phosphoric ester groups is 1. The third kappa shape index (κ3) is 14.0. The number of ether oxygens (including phenoxy) is 1. The maximum atomic E-state index is 12.0. The average molecular weight is 461 g/mol. The number of aliphatic hydroxyl groups is 1. The van der Waals surface area contributed by atoms with Gasteiger partial charge in [-0.1, -0.05) is 0 Å². The molecule has 0 aromatic carbocycles. The van der Waals surface area contributed by atoms with Crippen molar-refractivity contribution in [2.75, 3.05) is 25.5 Å². The molecule has 0 radical (unpaired) electrons. The monoisotopic (exact) mass is 461 g/mol. The largest absolute Gasteiger partial charge is 0.480 e. The number of amides is 2. The number of aliphatic hydroxyl groups excluding tert-OH is 1. The molecule has 0 rings (SSSR count). The van der Waals surface area contributed by atoms with Crippen molar-refractivity contribution in [3.8, 4) is 0 Å². The summed E-state index contributed by atoms with van der Waals surface area (Å²) < 4.78 is 19.1. The van der Waals surface area contributed by atoms with Crippen LogP contribution in [0.5, 0.6) is 0 Å². The van der Waals surface area contributed by atoms with Gasteiger partial charge in [-0.3, -0.25) is 23.7 Å². The van der Waals surface area contributed by atoms with Gasteiger partial charge in [0.1, 0.15) is 31.3 Å². The van der Waals surface area contributed by atoms with Crippen molar-refractivity contribution in [1.29, 1.82) is 0 Å². The van der Waals surface area contributed by atoms with Gasteiger partial charge in [0.2, 0.25) is 11.8 Å². The van der Waals surface area contributed by atoms with Gasteiger partial charge in [0, 0.05) is 12.2 Å². The smallest absolute Gasteiger partial charge is 0.469 e. The number of carboxylic acids is 1. The fraction of sp³-hybridized carbons (Fsp3) is 0.692. The van der Waals surface area contributed by atoms with Gasteiger partial charge in [-0.15, -0.1) is 0 Å². The van der Waals surface area contributed by atoms with Gasteiger partial charge in [-0.2, -0.15) is 12.6 Å². The standard InChI is InChI=1S/C13H24N3O11PS/c14-8(13(21)22)1-2-10(18)16-9(6-29)12(20)15-3-11(19)26-4-7(17)5-27-28(23,24)25/h7-9,17,29H,1-6,14H2,(H,15,20)(H,16,18)(H,21,22)(H2,23,24,25). The molecule has 0 aliphatic heterocycles. The quantitative estimate of drug-likeness (QED) is 0.0722. The number of nitrogens with one attached hydrogen (secondary N) is 2. The summed E-state index contributed by atoms with van der Waals surface area (Å²) in [5, 5.41) is 22.5. The first-order valence-electron chi connectivity index (χ1n) is 8.05. The summed E-state index contributed by atoms with van der Waals surface area (Å²) in [5.41, 5.74) is 5.27. The third-order valence-corrected chi connectivity index (χ3v) is 3.96. The highest BCUT2D eigenvalue weighted by Crippen LogP contribution is 2.35. The minimum atomic E-state index is -4.77. The van der Waals surface area contributed by atoms with Crippen molar-refractivity contribution in [1.82, 2.24) is 10.6 Å². The second kappa shape index (κ2) is 13.5. The Balaban J connectivity index is 4.24. The number of thiol groups is 1. The first kappa shape index (κ1) is 27.3. The van der Waals surface area contributed by atoms with Crippen LogP contribution >= 0.6 is 20.5 Å².